The molecule has 0 rings (SSSR count). The van der Waals surface area contributed by atoms with Crippen molar-refractivity contribution in [1.29, 1.82) is 0 Å². The molecule has 0 radical (unpaired) electrons. The fraction of sp³-hybridized carbons (Fsp3) is 1.00. The number of aliphatic hydroxyl groups is 1. The molecule has 0 aliphatic heterocycles. The summed E-state index contributed by atoms with van der Waals surface area (Å²) in [6, 6.07) is 0. The summed E-state index contributed by atoms with van der Waals surface area (Å²) in [6.45, 7) is 2.84. The predicted molar refractivity (Wildman–Crippen MR) is 38.8 cm³/mol. The Bertz CT molecular complexity index is 203. The molecular weight excluding hydrogens is 193 g/mol. The normalized spacial score (nSPS) is 16.3. The van der Waals surface area contributed by atoms with Crippen LogP contribution in [0.5, 0.6) is 0 Å². The number of rotatable bonds is 4. The molecule has 0 aromatic carbocycles. The molecule has 2 atom stereocenters. The van der Waals surface area contributed by atoms with Crippen molar-refractivity contribution in [1.82, 2.24) is 5.32 Å². The molecule has 68 valence electrons. The average molecular weight is 205 g/mol. The monoisotopic (exact) mass is 205 g/mol. The zero-order chi connectivity index (χ0) is 9.07. The van der Waals surface area contributed by atoms with E-state index in [9.17, 15) is 13.0 Å². The van der Waals surface area contributed by atoms with Gasteiger partial charge in [0.25, 0.3) is 0 Å². The molecule has 0 aromatic heterocycles. The third-order valence-electron chi connectivity index (χ3n) is 1.13. The molecule has 0 bridgehead atoms. The van der Waals surface area contributed by atoms with Crippen LogP contribution in [0.2, 0.25) is 0 Å². The maximum atomic E-state index is 10.2. The van der Waals surface area contributed by atoms with Crippen LogP contribution in [0.3, 0.4) is 0 Å². The quantitative estimate of drug-likeness (QED) is 0.359. The van der Waals surface area contributed by atoms with Crippen LogP contribution >= 0.6 is 0 Å². The van der Waals surface area contributed by atoms with Gasteiger partial charge in [-0.25, -0.2) is 8.42 Å². The summed E-state index contributed by atoms with van der Waals surface area (Å²) in [6.07, 6.45) is -0.654. The SMILES string of the molecule is CC(O)CNC(C)S(=O)(=O)[O-].[Na+]. The zero-order valence-corrected chi connectivity index (χ0v) is 10.3. The molecule has 12 heavy (non-hydrogen) atoms. The van der Waals surface area contributed by atoms with E-state index in [-0.39, 0.29) is 36.1 Å². The Morgan fingerprint density at radius 1 is 1.50 bits per heavy atom. The fourth-order valence-electron chi connectivity index (χ4n) is 0.439. The Labute approximate surface area is 94.6 Å². The number of nitrogens with one attached hydrogen (secondary N) is 1. The second kappa shape index (κ2) is 6.31. The molecule has 0 amide bonds. The molecule has 2 unspecified atom stereocenters. The molecular formula is C5H12NNaO4S. The Hall–Kier alpha value is 0.830. The summed E-state index contributed by atoms with van der Waals surface area (Å²) in [5, 5.41) is 9.94. The van der Waals surface area contributed by atoms with E-state index >= 15 is 0 Å². The Balaban J connectivity index is 0. The summed E-state index contributed by atoms with van der Waals surface area (Å²) in [4.78, 5) is 0. The fourth-order valence-corrected chi connectivity index (χ4v) is 0.739. The van der Waals surface area contributed by atoms with Crippen molar-refractivity contribution in [3.63, 3.8) is 0 Å². The van der Waals surface area contributed by atoms with Crippen molar-refractivity contribution in [2.75, 3.05) is 6.54 Å². The molecule has 0 aliphatic carbocycles. The van der Waals surface area contributed by atoms with E-state index in [2.05, 4.69) is 5.32 Å². The van der Waals surface area contributed by atoms with E-state index < -0.39 is 21.6 Å². The van der Waals surface area contributed by atoms with Gasteiger partial charge in [0.15, 0.2) is 0 Å². The molecule has 0 aliphatic rings. The summed E-state index contributed by atoms with van der Waals surface area (Å²) in [5.74, 6) is 0. The van der Waals surface area contributed by atoms with Gasteiger partial charge in [-0.05, 0) is 13.8 Å². The molecule has 2 N–H and O–H groups in total. The summed E-state index contributed by atoms with van der Waals surface area (Å²) >= 11 is 0. The maximum absolute atomic E-state index is 10.2. The summed E-state index contributed by atoms with van der Waals surface area (Å²) in [7, 11) is -4.27. The van der Waals surface area contributed by atoms with Crippen molar-refractivity contribution in [2.24, 2.45) is 0 Å². The van der Waals surface area contributed by atoms with E-state index in [1.165, 1.54) is 13.8 Å². The van der Waals surface area contributed by atoms with E-state index in [0.717, 1.165) is 0 Å². The zero-order valence-electron chi connectivity index (χ0n) is 7.44. The van der Waals surface area contributed by atoms with Gasteiger partial charge in [0, 0.05) is 6.54 Å². The second-order valence-corrected chi connectivity index (χ2v) is 4.09. The molecule has 5 nitrogen and oxygen atoms in total. The molecule has 0 heterocycles. The van der Waals surface area contributed by atoms with Gasteiger partial charge in [-0.1, -0.05) is 0 Å². The van der Waals surface area contributed by atoms with Crippen LogP contribution in [0.1, 0.15) is 13.8 Å². The van der Waals surface area contributed by atoms with Gasteiger partial charge in [-0.3, -0.25) is 5.32 Å². The van der Waals surface area contributed by atoms with Crippen molar-refractivity contribution < 1.29 is 47.6 Å². The van der Waals surface area contributed by atoms with Gasteiger partial charge in [-0.2, -0.15) is 0 Å². The smallest absolute Gasteiger partial charge is 0.747 e. The van der Waals surface area contributed by atoms with Gasteiger partial charge < -0.3 is 9.66 Å². The average Bonchev–Trinajstić information content (AvgIpc) is 1.80. The summed E-state index contributed by atoms with van der Waals surface area (Å²) in [5.41, 5.74) is 0. The van der Waals surface area contributed by atoms with Crippen LogP contribution < -0.4 is 34.9 Å². The Morgan fingerprint density at radius 3 is 2.17 bits per heavy atom. The van der Waals surface area contributed by atoms with Crippen LogP contribution in [0, 0.1) is 0 Å². The van der Waals surface area contributed by atoms with Crippen LogP contribution in [0.4, 0.5) is 0 Å². The van der Waals surface area contributed by atoms with Crippen molar-refractivity contribution in [3.05, 3.63) is 0 Å². The molecule has 0 aromatic rings. The van der Waals surface area contributed by atoms with Crippen LogP contribution in [0.25, 0.3) is 0 Å². The van der Waals surface area contributed by atoms with E-state index in [1.54, 1.807) is 0 Å². The molecule has 0 spiro atoms. The van der Waals surface area contributed by atoms with Crippen molar-refractivity contribution in [2.45, 2.75) is 25.3 Å². The first-order chi connectivity index (χ1) is 4.84. The largest absolute Gasteiger partial charge is 1.00 e. The topological polar surface area (TPSA) is 89.5 Å². The predicted octanol–water partition coefficient (Wildman–Crippen LogP) is -4.15. The third-order valence-corrected chi connectivity index (χ3v) is 2.17. The van der Waals surface area contributed by atoms with Gasteiger partial charge in [-0.15, -0.1) is 0 Å². The number of hydrogen-bond acceptors (Lipinski definition) is 5. The first kappa shape index (κ1) is 15.3. The van der Waals surface area contributed by atoms with Crippen molar-refractivity contribution in [3.8, 4) is 0 Å². The minimum Gasteiger partial charge on any atom is -0.747 e. The molecule has 0 saturated carbocycles. The number of aliphatic hydroxyl groups excluding tert-OH is 1. The first-order valence-corrected chi connectivity index (χ1v) is 4.67. The van der Waals surface area contributed by atoms with E-state index in [1.807, 2.05) is 0 Å². The summed E-state index contributed by atoms with van der Waals surface area (Å²) < 4.78 is 30.7. The first-order valence-electron chi connectivity index (χ1n) is 3.20. The second-order valence-electron chi connectivity index (χ2n) is 2.39. The van der Waals surface area contributed by atoms with Crippen LogP contribution in [0.15, 0.2) is 0 Å². The molecule has 0 saturated heterocycles. The van der Waals surface area contributed by atoms with Gasteiger partial charge in [0.2, 0.25) is 0 Å². The van der Waals surface area contributed by atoms with Gasteiger partial charge in [0.1, 0.15) is 10.1 Å². The Kier molecular flexibility index (Phi) is 8.05. The van der Waals surface area contributed by atoms with E-state index in [4.69, 9.17) is 5.11 Å². The Morgan fingerprint density at radius 2 is 1.92 bits per heavy atom. The van der Waals surface area contributed by atoms with Crippen LogP contribution in [-0.2, 0) is 10.1 Å². The van der Waals surface area contributed by atoms with Gasteiger partial charge in [0.05, 0.1) is 11.5 Å². The van der Waals surface area contributed by atoms with Crippen LogP contribution in [-0.4, -0.2) is 36.1 Å². The minimum absolute atomic E-state index is 0. The maximum Gasteiger partial charge on any atom is 1.00 e. The minimum atomic E-state index is -4.27. The van der Waals surface area contributed by atoms with Gasteiger partial charge >= 0.3 is 29.6 Å². The van der Waals surface area contributed by atoms with Crippen molar-refractivity contribution >= 4 is 10.1 Å². The molecule has 0 fully saturated rings. The number of hydrogen-bond donors (Lipinski definition) is 2. The van der Waals surface area contributed by atoms with E-state index in [0.29, 0.717) is 0 Å². The third kappa shape index (κ3) is 7.48. The standard InChI is InChI=1S/C5H13NO4S.Na/c1-4(7)3-6-5(2)11(8,9)10;/h4-7H,3H2,1-2H3,(H,8,9,10);/q;+1/p-1. The molecule has 7 heteroatoms.